The summed E-state index contributed by atoms with van der Waals surface area (Å²) in [5.74, 6) is 0.810. The van der Waals surface area contributed by atoms with Crippen LogP contribution in [0, 0.1) is 0 Å². The molecule has 1 heterocycles. The lowest BCUT2D eigenvalue weighted by atomic mass is 10.1. The van der Waals surface area contributed by atoms with Crippen LogP contribution in [0.2, 0.25) is 0 Å². The van der Waals surface area contributed by atoms with Crippen LogP contribution < -0.4 is 5.32 Å². The van der Waals surface area contributed by atoms with E-state index in [1.165, 1.54) is 0 Å². The molecule has 0 aliphatic heterocycles. The molecule has 0 aliphatic rings. The first-order chi connectivity index (χ1) is 6.63. The molecule has 0 atom stereocenters. The molecule has 14 heavy (non-hydrogen) atoms. The molecule has 0 radical (unpaired) electrons. The molecule has 0 unspecified atom stereocenters. The van der Waals surface area contributed by atoms with E-state index in [4.69, 9.17) is 16.1 Å². The highest BCUT2D eigenvalue weighted by molar-refractivity contribution is 6.19. The van der Waals surface area contributed by atoms with Gasteiger partial charge in [-0.2, -0.15) is 0 Å². The number of alkyl halides is 1. The number of hydrogen-bond acceptors (Lipinski definition) is 3. The molecule has 0 aliphatic carbocycles. The largest absolute Gasteiger partial charge is 0.338 e. The third-order valence-corrected chi connectivity index (χ3v) is 1.89. The second kappa shape index (κ2) is 5.00. The summed E-state index contributed by atoms with van der Waals surface area (Å²) in [4.78, 5) is 11.1. The molecule has 1 amide bonds. The van der Waals surface area contributed by atoms with Gasteiger partial charge in [-0.15, -0.1) is 11.6 Å². The number of nitrogens with zero attached hydrogens (tertiary/aromatic N) is 1. The van der Waals surface area contributed by atoms with Crippen molar-refractivity contribution in [2.24, 2.45) is 0 Å². The highest BCUT2D eigenvalue weighted by atomic mass is 35.5. The van der Waals surface area contributed by atoms with Crippen LogP contribution in [0.1, 0.15) is 31.9 Å². The Kier molecular flexibility index (Phi) is 3.95. The van der Waals surface area contributed by atoms with Gasteiger partial charge in [0.05, 0.1) is 5.69 Å². The average Bonchev–Trinajstić information content (AvgIpc) is 2.53. The van der Waals surface area contributed by atoms with Crippen molar-refractivity contribution in [3.63, 3.8) is 0 Å². The summed E-state index contributed by atoms with van der Waals surface area (Å²) in [6, 6.07) is 1.72. The van der Waals surface area contributed by atoms with Crippen LogP contribution in [-0.2, 0) is 4.79 Å². The maximum absolute atomic E-state index is 11.1. The Balaban J connectivity index is 2.55. The van der Waals surface area contributed by atoms with Crippen LogP contribution in [0.25, 0.3) is 0 Å². The number of nitrogens with one attached hydrogen (secondary N) is 1. The summed E-state index contributed by atoms with van der Waals surface area (Å²) in [7, 11) is 0. The van der Waals surface area contributed by atoms with E-state index in [-0.39, 0.29) is 18.2 Å². The molecule has 0 bridgehead atoms. The van der Waals surface area contributed by atoms with Crippen molar-refractivity contribution in [1.82, 2.24) is 5.16 Å². The lowest BCUT2D eigenvalue weighted by molar-refractivity contribution is -0.115. The highest BCUT2D eigenvalue weighted by Crippen LogP contribution is 2.17. The summed E-state index contributed by atoms with van der Waals surface area (Å²) in [6.45, 7) is 4.00. The van der Waals surface area contributed by atoms with Crippen molar-refractivity contribution in [2.45, 2.75) is 26.2 Å². The normalized spacial score (nSPS) is 10.6. The molecule has 1 aromatic rings. The second-order valence-corrected chi connectivity index (χ2v) is 3.64. The molecule has 0 aromatic carbocycles. The topological polar surface area (TPSA) is 55.1 Å². The summed E-state index contributed by atoms with van der Waals surface area (Å²) >= 11 is 5.41. The average molecular weight is 217 g/mol. The molecule has 1 rings (SSSR count). The van der Waals surface area contributed by atoms with Crippen molar-refractivity contribution in [1.29, 1.82) is 0 Å². The molecular weight excluding hydrogens is 204 g/mol. The fourth-order valence-electron chi connectivity index (χ4n) is 0.906. The minimum absolute atomic E-state index is 0.161. The third kappa shape index (κ3) is 3.03. The number of rotatable bonds is 4. The van der Waals surface area contributed by atoms with Crippen molar-refractivity contribution in [3.05, 3.63) is 11.8 Å². The smallest absolute Gasteiger partial charge is 0.231 e. The monoisotopic (exact) mass is 216 g/mol. The number of halogens is 1. The molecular formula is C9H13ClN2O2. The van der Waals surface area contributed by atoms with E-state index >= 15 is 0 Å². The van der Waals surface area contributed by atoms with Gasteiger partial charge < -0.3 is 4.52 Å². The molecule has 0 fully saturated rings. The zero-order valence-corrected chi connectivity index (χ0v) is 8.97. The van der Waals surface area contributed by atoms with Crippen LogP contribution in [0.15, 0.2) is 10.6 Å². The molecule has 1 N–H and O–H groups in total. The van der Waals surface area contributed by atoms with Crippen molar-refractivity contribution in [2.75, 3.05) is 11.2 Å². The lowest BCUT2D eigenvalue weighted by Crippen LogP contribution is -2.10. The van der Waals surface area contributed by atoms with E-state index < -0.39 is 0 Å². The summed E-state index contributed by atoms with van der Waals surface area (Å²) < 4.78 is 4.92. The molecule has 1 aromatic heterocycles. The quantitative estimate of drug-likeness (QED) is 0.787. The maximum Gasteiger partial charge on any atom is 0.231 e. The number of amides is 1. The predicted octanol–water partition coefficient (Wildman–Crippen LogP) is 2.37. The van der Waals surface area contributed by atoms with Crippen LogP contribution in [0.5, 0.6) is 0 Å². The van der Waals surface area contributed by atoms with Gasteiger partial charge in [-0.05, 0) is 5.92 Å². The fraction of sp³-hybridized carbons (Fsp3) is 0.556. The van der Waals surface area contributed by atoms with Crippen LogP contribution in [0.3, 0.4) is 0 Å². The molecule has 0 saturated carbocycles. The van der Waals surface area contributed by atoms with Gasteiger partial charge in [0, 0.05) is 18.4 Å². The Labute approximate surface area is 87.6 Å². The van der Waals surface area contributed by atoms with Crippen LogP contribution >= 0.6 is 11.6 Å². The molecule has 0 saturated heterocycles. The van der Waals surface area contributed by atoms with Gasteiger partial charge >= 0.3 is 0 Å². The Bertz CT molecular complexity index is 310. The van der Waals surface area contributed by atoms with E-state index in [2.05, 4.69) is 10.5 Å². The first-order valence-electron chi connectivity index (χ1n) is 4.46. The Hall–Kier alpha value is -1.03. The van der Waals surface area contributed by atoms with E-state index in [1.54, 1.807) is 6.07 Å². The second-order valence-electron chi connectivity index (χ2n) is 3.26. The predicted molar refractivity (Wildman–Crippen MR) is 54.6 cm³/mol. The minimum Gasteiger partial charge on any atom is -0.338 e. The molecule has 4 nitrogen and oxygen atoms in total. The third-order valence-electron chi connectivity index (χ3n) is 1.70. The Morgan fingerprint density at radius 2 is 2.43 bits per heavy atom. The Morgan fingerprint density at radius 1 is 1.71 bits per heavy atom. The number of anilines is 1. The molecule has 5 heteroatoms. The summed E-state index contributed by atoms with van der Waals surface area (Å²) in [5, 5.41) is 6.37. The SMILES string of the molecule is CC(C)c1cc(NC(=O)CCCl)on1. The van der Waals surface area contributed by atoms with E-state index in [0.717, 1.165) is 5.69 Å². The number of carbonyl (C=O) groups is 1. The number of carbonyl (C=O) groups excluding carboxylic acids is 1. The fourth-order valence-corrected chi connectivity index (χ4v) is 1.08. The minimum atomic E-state index is -0.161. The van der Waals surface area contributed by atoms with Crippen molar-refractivity contribution < 1.29 is 9.32 Å². The lowest BCUT2D eigenvalue weighted by Gasteiger charge is -1.96. The van der Waals surface area contributed by atoms with Gasteiger partial charge in [0.2, 0.25) is 11.8 Å². The summed E-state index contributed by atoms with van der Waals surface area (Å²) in [5.41, 5.74) is 0.825. The van der Waals surface area contributed by atoms with Gasteiger partial charge in [0.25, 0.3) is 0 Å². The molecule has 78 valence electrons. The van der Waals surface area contributed by atoms with Crippen LogP contribution in [-0.4, -0.2) is 16.9 Å². The standard InChI is InChI=1S/C9H13ClN2O2/c1-6(2)7-5-9(14-12-7)11-8(13)3-4-10/h5-6H,3-4H2,1-2H3,(H,11,13). The Morgan fingerprint density at radius 3 is 2.93 bits per heavy atom. The molecule has 0 spiro atoms. The van der Waals surface area contributed by atoms with Gasteiger partial charge in [0.15, 0.2) is 0 Å². The van der Waals surface area contributed by atoms with Crippen molar-refractivity contribution in [3.8, 4) is 0 Å². The first-order valence-corrected chi connectivity index (χ1v) is 4.99. The van der Waals surface area contributed by atoms with Crippen molar-refractivity contribution >= 4 is 23.4 Å². The first kappa shape index (κ1) is 11.0. The number of hydrogen-bond donors (Lipinski definition) is 1. The van der Waals surface area contributed by atoms with Gasteiger partial charge in [0.1, 0.15) is 0 Å². The zero-order chi connectivity index (χ0) is 10.6. The maximum atomic E-state index is 11.1. The van der Waals surface area contributed by atoms with Crippen LogP contribution in [0.4, 0.5) is 5.88 Å². The zero-order valence-electron chi connectivity index (χ0n) is 8.21. The van der Waals surface area contributed by atoms with Gasteiger partial charge in [-0.1, -0.05) is 19.0 Å². The van der Waals surface area contributed by atoms with Gasteiger partial charge in [-0.3, -0.25) is 10.1 Å². The van der Waals surface area contributed by atoms with E-state index in [9.17, 15) is 4.79 Å². The van der Waals surface area contributed by atoms with E-state index in [0.29, 0.717) is 11.8 Å². The van der Waals surface area contributed by atoms with E-state index in [1.807, 2.05) is 13.8 Å². The van der Waals surface area contributed by atoms with Gasteiger partial charge in [-0.25, -0.2) is 0 Å². The highest BCUT2D eigenvalue weighted by Gasteiger charge is 2.09. The summed E-state index contributed by atoms with van der Waals surface area (Å²) in [6.07, 6.45) is 0.277. The number of aromatic nitrogens is 1.